The molecule has 0 spiro atoms. The van der Waals surface area contributed by atoms with E-state index in [4.69, 9.17) is 17.3 Å². The molecule has 0 aromatic heterocycles. The summed E-state index contributed by atoms with van der Waals surface area (Å²) in [5, 5.41) is 0.719. The quantitative estimate of drug-likeness (QED) is 0.742. The van der Waals surface area contributed by atoms with E-state index in [-0.39, 0.29) is 0 Å². The molecule has 1 aromatic carbocycles. The topological polar surface area (TPSA) is 26.0 Å². The van der Waals surface area contributed by atoms with Gasteiger partial charge < -0.3 is 5.73 Å². The second kappa shape index (κ2) is 3.46. The van der Waals surface area contributed by atoms with E-state index >= 15 is 0 Å². The van der Waals surface area contributed by atoms with Crippen LogP contribution in [0.3, 0.4) is 0 Å². The third kappa shape index (κ3) is 1.88. The summed E-state index contributed by atoms with van der Waals surface area (Å²) in [5.74, 6) is 0. The molecule has 0 radical (unpaired) electrons. The largest absolute Gasteiger partial charge is 0.398 e. The van der Waals surface area contributed by atoms with Gasteiger partial charge in [0, 0.05) is 10.2 Å². The van der Waals surface area contributed by atoms with E-state index in [1.54, 1.807) is 0 Å². The highest BCUT2D eigenvalue weighted by Gasteiger charge is 2.01. The SMILES string of the molecule is CCc1cc(Cl)c(Br)cc1N. The van der Waals surface area contributed by atoms with Gasteiger partial charge in [-0.3, -0.25) is 0 Å². The molecule has 1 rings (SSSR count). The molecule has 1 aromatic rings. The average Bonchev–Trinajstić information content (AvgIpc) is 1.97. The standard InChI is InChI=1S/C8H9BrClN/c1-2-5-3-7(10)6(9)4-8(5)11/h3-4H,2,11H2,1H3. The van der Waals surface area contributed by atoms with Crippen LogP contribution in [-0.2, 0) is 6.42 Å². The van der Waals surface area contributed by atoms with Crippen molar-refractivity contribution in [2.45, 2.75) is 13.3 Å². The number of hydrogen-bond acceptors (Lipinski definition) is 1. The van der Waals surface area contributed by atoms with Crippen LogP contribution >= 0.6 is 27.5 Å². The molecule has 0 atom stereocenters. The molecule has 60 valence electrons. The number of anilines is 1. The van der Waals surface area contributed by atoms with Crippen LogP contribution in [-0.4, -0.2) is 0 Å². The molecule has 0 heterocycles. The first-order valence-electron chi connectivity index (χ1n) is 3.38. The van der Waals surface area contributed by atoms with Crippen LogP contribution in [0.5, 0.6) is 0 Å². The molecule has 0 amide bonds. The fourth-order valence-electron chi connectivity index (χ4n) is 0.910. The number of hydrogen-bond donors (Lipinski definition) is 1. The van der Waals surface area contributed by atoms with E-state index in [2.05, 4.69) is 22.9 Å². The van der Waals surface area contributed by atoms with E-state index in [0.29, 0.717) is 0 Å². The van der Waals surface area contributed by atoms with E-state index in [0.717, 1.165) is 27.2 Å². The summed E-state index contributed by atoms with van der Waals surface area (Å²) in [6, 6.07) is 3.72. The van der Waals surface area contributed by atoms with Gasteiger partial charge in [0.25, 0.3) is 0 Å². The predicted octanol–water partition coefficient (Wildman–Crippen LogP) is 3.25. The van der Waals surface area contributed by atoms with Gasteiger partial charge in [0.2, 0.25) is 0 Å². The Morgan fingerprint density at radius 2 is 2.18 bits per heavy atom. The van der Waals surface area contributed by atoms with E-state index in [9.17, 15) is 0 Å². The average molecular weight is 235 g/mol. The number of benzene rings is 1. The molecule has 2 N–H and O–H groups in total. The Morgan fingerprint density at radius 3 is 2.73 bits per heavy atom. The Morgan fingerprint density at radius 1 is 1.55 bits per heavy atom. The third-order valence-corrected chi connectivity index (χ3v) is 2.76. The lowest BCUT2D eigenvalue weighted by molar-refractivity contribution is 1.14. The summed E-state index contributed by atoms with van der Waals surface area (Å²) in [6.07, 6.45) is 0.916. The Hall–Kier alpha value is -0.210. The van der Waals surface area contributed by atoms with Crippen LogP contribution in [0.2, 0.25) is 5.02 Å². The lowest BCUT2D eigenvalue weighted by atomic mass is 10.1. The van der Waals surface area contributed by atoms with Crippen molar-refractivity contribution >= 4 is 33.2 Å². The fourth-order valence-corrected chi connectivity index (χ4v) is 1.46. The van der Waals surface area contributed by atoms with Gasteiger partial charge >= 0.3 is 0 Å². The van der Waals surface area contributed by atoms with Gasteiger partial charge in [0.1, 0.15) is 0 Å². The summed E-state index contributed by atoms with van der Waals surface area (Å²) in [6.45, 7) is 2.05. The third-order valence-electron chi connectivity index (χ3n) is 1.56. The first-order valence-corrected chi connectivity index (χ1v) is 4.55. The summed E-state index contributed by atoms with van der Waals surface area (Å²) in [7, 11) is 0. The molecule has 11 heavy (non-hydrogen) atoms. The molecule has 0 unspecified atom stereocenters. The lowest BCUT2D eigenvalue weighted by Gasteiger charge is -2.04. The van der Waals surface area contributed by atoms with Crippen LogP contribution < -0.4 is 5.73 Å². The minimum Gasteiger partial charge on any atom is -0.398 e. The monoisotopic (exact) mass is 233 g/mol. The van der Waals surface area contributed by atoms with Crippen LogP contribution in [0, 0.1) is 0 Å². The van der Waals surface area contributed by atoms with Gasteiger partial charge in [-0.05, 0) is 40.0 Å². The molecule has 1 nitrogen and oxygen atoms in total. The van der Waals surface area contributed by atoms with Crippen molar-refractivity contribution in [1.29, 1.82) is 0 Å². The molecule has 0 bridgehead atoms. The highest BCUT2D eigenvalue weighted by Crippen LogP contribution is 2.27. The van der Waals surface area contributed by atoms with Crippen molar-refractivity contribution in [1.82, 2.24) is 0 Å². The minimum atomic E-state index is 0.719. The molecule has 0 fully saturated rings. The molecule has 3 heteroatoms. The van der Waals surface area contributed by atoms with Gasteiger partial charge in [-0.2, -0.15) is 0 Å². The Labute approximate surface area is 79.7 Å². The highest BCUT2D eigenvalue weighted by atomic mass is 79.9. The molecule has 0 saturated carbocycles. The van der Waals surface area contributed by atoms with Gasteiger partial charge in [0.15, 0.2) is 0 Å². The molecular weight excluding hydrogens is 225 g/mol. The number of aryl methyl sites for hydroxylation is 1. The van der Waals surface area contributed by atoms with Crippen molar-refractivity contribution < 1.29 is 0 Å². The lowest BCUT2D eigenvalue weighted by Crippen LogP contribution is -1.92. The highest BCUT2D eigenvalue weighted by molar-refractivity contribution is 9.10. The zero-order valence-corrected chi connectivity index (χ0v) is 8.54. The van der Waals surface area contributed by atoms with Gasteiger partial charge in [-0.15, -0.1) is 0 Å². The maximum Gasteiger partial charge on any atom is 0.0552 e. The summed E-state index contributed by atoms with van der Waals surface area (Å²) >= 11 is 9.16. The Bertz CT molecular complexity index is 273. The van der Waals surface area contributed by atoms with Crippen molar-refractivity contribution in [3.05, 3.63) is 27.2 Å². The molecule has 0 saturated heterocycles. The number of halogens is 2. The molecule has 0 aliphatic rings. The van der Waals surface area contributed by atoms with Crippen molar-refractivity contribution in [3.63, 3.8) is 0 Å². The molecule has 0 aliphatic carbocycles. The Kier molecular flexibility index (Phi) is 2.79. The summed E-state index contributed by atoms with van der Waals surface area (Å²) in [4.78, 5) is 0. The van der Waals surface area contributed by atoms with Crippen molar-refractivity contribution in [2.75, 3.05) is 5.73 Å². The van der Waals surface area contributed by atoms with E-state index < -0.39 is 0 Å². The van der Waals surface area contributed by atoms with Crippen molar-refractivity contribution in [3.8, 4) is 0 Å². The summed E-state index contributed by atoms with van der Waals surface area (Å²) in [5.41, 5.74) is 7.60. The zero-order valence-electron chi connectivity index (χ0n) is 6.20. The normalized spacial score (nSPS) is 10.1. The van der Waals surface area contributed by atoms with Crippen LogP contribution in [0.15, 0.2) is 16.6 Å². The van der Waals surface area contributed by atoms with E-state index in [1.807, 2.05) is 12.1 Å². The van der Waals surface area contributed by atoms with Crippen LogP contribution in [0.25, 0.3) is 0 Å². The van der Waals surface area contributed by atoms with E-state index in [1.165, 1.54) is 0 Å². The predicted molar refractivity (Wildman–Crippen MR) is 52.9 cm³/mol. The maximum absolute atomic E-state index is 5.86. The van der Waals surface area contributed by atoms with Crippen LogP contribution in [0.4, 0.5) is 5.69 Å². The smallest absolute Gasteiger partial charge is 0.0552 e. The van der Waals surface area contributed by atoms with Crippen molar-refractivity contribution in [2.24, 2.45) is 0 Å². The van der Waals surface area contributed by atoms with Gasteiger partial charge in [-0.1, -0.05) is 18.5 Å². The maximum atomic E-state index is 5.86. The second-order valence-corrected chi connectivity index (χ2v) is 3.58. The number of nitrogens with two attached hydrogens (primary N) is 1. The first kappa shape index (κ1) is 8.88. The molecule has 0 aliphatic heterocycles. The Balaban J connectivity index is 3.21. The first-order chi connectivity index (χ1) is 5.15. The summed E-state index contributed by atoms with van der Waals surface area (Å²) < 4.78 is 0.855. The molecular formula is C8H9BrClN. The number of nitrogen functional groups attached to an aromatic ring is 1. The minimum absolute atomic E-state index is 0.719. The zero-order chi connectivity index (χ0) is 8.43. The fraction of sp³-hybridized carbons (Fsp3) is 0.250. The second-order valence-electron chi connectivity index (χ2n) is 2.32. The van der Waals surface area contributed by atoms with Gasteiger partial charge in [-0.25, -0.2) is 0 Å². The van der Waals surface area contributed by atoms with Crippen LogP contribution in [0.1, 0.15) is 12.5 Å². The van der Waals surface area contributed by atoms with Gasteiger partial charge in [0.05, 0.1) is 5.02 Å². The number of rotatable bonds is 1.